The molecule has 2 aliphatic rings. The number of rotatable bonds is 4. The molecule has 1 aromatic heterocycles. The van der Waals surface area contributed by atoms with Crippen LogP contribution >= 0.6 is 0 Å². The van der Waals surface area contributed by atoms with E-state index in [1.807, 2.05) is 43.4 Å². The molecule has 2 aliphatic heterocycles. The lowest BCUT2D eigenvalue weighted by Crippen LogP contribution is -3.10. The van der Waals surface area contributed by atoms with Crippen LogP contribution in [0.4, 0.5) is 0 Å². The Labute approximate surface area is 183 Å². The van der Waals surface area contributed by atoms with E-state index in [0.717, 1.165) is 34.6 Å². The van der Waals surface area contributed by atoms with E-state index in [2.05, 4.69) is 4.98 Å². The number of benzene rings is 2. The van der Waals surface area contributed by atoms with E-state index < -0.39 is 17.3 Å². The average molecular weight is 438 g/mol. The molecular formula is C23H24N3O6+. The molecule has 5 rings (SSSR count). The van der Waals surface area contributed by atoms with Crippen LogP contribution in [-0.4, -0.2) is 42.2 Å². The SMILES string of the molecule is COc1c2c(cc3c1[C@@H](c1c(O)n(Cc4ccccc4)c(=O)[nH]c1=O)[NH+](C)CC3)OCO2. The molecule has 0 bridgehead atoms. The van der Waals surface area contributed by atoms with Crippen molar-refractivity contribution in [1.29, 1.82) is 0 Å². The molecule has 0 saturated carbocycles. The minimum atomic E-state index is -0.661. The van der Waals surface area contributed by atoms with Crippen LogP contribution in [0.5, 0.6) is 23.1 Å². The predicted octanol–water partition coefficient (Wildman–Crippen LogP) is 0.188. The topological polar surface area (TPSA) is 107 Å². The Morgan fingerprint density at radius 3 is 2.75 bits per heavy atom. The molecular weight excluding hydrogens is 414 g/mol. The number of hydrogen-bond donors (Lipinski definition) is 3. The minimum absolute atomic E-state index is 0.0930. The second-order valence-electron chi connectivity index (χ2n) is 8.06. The summed E-state index contributed by atoms with van der Waals surface area (Å²) < 4.78 is 18.1. The van der Waals surface area contributed by atoms with Gasteiger partial charge in [0.05, 0.1) is 32.8 Å². The van der Waals surface area contributed by atoms with Crippen LogP contribution in [0.1, 0.15) is 28.3 Å². The van der Waals surface area contributed by atoms with Gasteiger partial charge in [-0.1, -0.05) is 30.3 Å². The molecule has 0 aliphatic carbocycles. The van der Waals surface area contributed by atoms with Gasteiger partial charge in [0.1, 0.15) is 5.56 Å². The van der Waals surface area contributed by atoms with E-state index >= 15 is 0 Å². The maximum Gasteiger partial charge on any atom is 0.331 e. The molecule has 3 aromatic rings. The Morgan fingerprint density at radius 2 is 2.00 bits per heavy atom. The third-order valence-corrected chi connectivity index (χ3v) is 6.20. The van der Waals surface area contributed by atoms with Crippen LogP contribution in [0.2, 0.25) is 0 Å². The van der Waals surface area contributed by atoms with Crippen molar-refractivity contribution in [2.24, 2.45) is 0 Å². The zero-order chi connectivity index (χ0) is 22.4. The number of methoxy groups -OCH3 is 1. The maximum atomic E-state index is 13.0. The number of likely N-dealkylation sites (N-methyl/N-ethyl adjacent to an activating group) is 1. The highest BCUT2D eigenvalue weighted by atomic mass is 16.7. The third-order valence-electron chi connectivity index (χ3n) is 6.20. The number of hydrogen-bond acceptors (Lipinski definition) is 6. The fourth-order valence-corrected chi connectivity index (χ4v) is 4.66. The molecule has 2 atom stereocenters. The van der Waals surface area contributed by atoms with Crippen molar-refractivity contribution in [2.45, 2.75) is 19.0 Å². The first-order valence-electron chi connectivity index (χ1n) is 10.4. The van der Waals surface area contributed by atoms with E-state index in [-0.39, 0.29) is 24.8 Å². The molecule has 0 spiro atoms. The number of aromatic hydroxyl groups is 1. The molecule has 1 unspecified atom stereocenters. The van der Waals surface area contributed by atoms with Crippen molar-refractivity contribution in [3.63, 3.8) is 0 Å². The summed E-state index contributed by atoms with van der Waals surface area (Å²) in [6.45, 7) is 0.944. The van der Waals surface area contributed by atoms with Gasteiger partial charge in [0, 0.05) is 6.42 Å². The van der Waals surface area contributed by atoms with Crippen LogP contribution in [0.25, 0.3) is 0 Å². The Kier molecular flexibility index (Phi) is 4.90. The molecule has 0 amide bonds. The normalized spacial score (nSPS) is 18.9. The first kappa shape index (κ1) is 20.2. The Bertz CT molecular complexity index is 1300. The van der Waals surface area contributed by atoms with Gasteiger partial charge in [0.25, 0.3) is 5.56 Å². The fraction of sp³-hybridized carbons (Fsp3) is 0.304. The average Bonchev–Trinajstić information content (AvgIpc) is 3.25. The number of quaternary nitrogens is 1. The largest absolute Gasteiger partial charge is 0.494 e. The van der Waals surface area contributed by atoms with Gasteiger partial charge in [0.2, 0.25) is 18.4 Å². The van der Waals surface area contributed by atoms with Gasteiger partial charge in [0.15, 0.2) is 17.5 Å². The van der Waals surface area contributed by atoms with Gasteiger partial charge in [-0.25, -0.2) is 4.79 Å². The van der Waals surface area contributed by atoms with E-state index in [1.165, 1.54) is 4.57 Å². The highest BCUT2D eigenvalue weighted by molar-refractivity contribution is 5.62. The standard InChI is InChI=1S/C23H23N3O6/c1-25-9-8-14-10-15-19(32-12-31-15)20(30-2)16(14)18(25)17-21(27)24-23(29)26(22(17)28)11-13-6-4-3-5-7-13/h3-7,10,18,28H,8-9,11-12H2,1-2H3,(H,24,27,29)/p+1/t18-/m0/s1. The molecule has 32 heavy (non-hydrogen) atoms. The monoisotopic (exact) mass is 438 g/mol. The Hall–Kier alpha value is -3.72. The highest BCUT2D eigenvalue weighted by Crippen LogP contribution is 2.48. The second kappa shape index (κ2) is 7.76. The first-order chi connectivity index (χ1) is 15.5. The lowest BCUT2D eigenvalue weighted by Gasteiger charge is -2.33. The molecule has 0 fully saturated rings. The molecule has 2 aromatic carbocycles. The summed E-state index contributed by atoms with van der Waals surface area (Å²) in [5, 5.41) is 11.2. The second-order valence-corrected chi connectivity index (χ2v) is 8.06. The number of aromatic amines is 1. The lowest BCUT2D eigenvalue weighted by molar-refractivity contribution is -0.908. The molecule has 0 radical (unpaired) electrons. The third kappa shape index (κ3) is 3.13. The van der Waals surface area contributed by atoms with Gasteiger partial charge >= 0.3 is 5.69 Å². The van der Waals surface area contributed by atoms with Crippen molar-refractivity contribution in [1.82, 2.24) is 9.55 Å². The number of nitrogens with one attached hydrogen (secondary N) is 2. The van der Waals surface area contributed by atoms with Crippen molar-refractivity contribution in [3.05, 3.63) is 79.5 Å². The van der Waals surface area contributed by atoms with E-state index in [4.69, 9.17) is 14.2 Å². The Morgan fingerprint density at radius 1 is 1.22 bits per heavy atom. The zero-order valence-electron chi connectivity index (χ0n) is 17.8. The number of aromatic nitrogens is 2. The van der Waals surface area contributed by atoms with Crippen molar-refractivity contribution < 1.29 is 24.2 Å². The zero-order valence-corrected chi connectivity index (χ0v) is 17.8. The summed E-state index contributed by atoms with van der Waals surface area (Å²) in [5.41, 5.74) is 1.39. The van der Waals surface area contributed by atoms with Crippen LogP contribution in [0, 0.1) is 0 Å². The fourth-order valence-electron chi connectivity index (χ4n) is 4.66. The van der Waals surface area contributed by atoms with Crippen LogP contribution in [0.3, 0.4) is 0 Å². The van der Waals surface area contributed by atoms with E-state index in [9.17, 15) is 14.7 Å². The molecule has 3 heterocycles. The molecule has 9 nitrogen and oxygen atoms in total. The van der Waals surface area contributed by atoms with Gasteiger partial charge in [-0.05, 0) is 17.2 Å². The van der Waals surface area contributed by atoms with Gasteiger partial charge in [-0.15, -0.1) is 0 Å². The lowest BCUT2D eigenvalue weighted by atomic mass is 9.87. The van der Waals surface area contributed by atoms with Gasteiger partial charge < -0.3 is 24.2 Å². The van der Waals surface area contributed by atoms with E-state index in [0.29, 0.717) is 17.2 Å². The van der Waals surface area contributed by atoms with Crippen molar-refractivity contribution in [3.8, 4) is 23.1 Å². The summed E-state index contributed by atoms with van der Waals surface area (Å²) in [4.78, 5) is 29.0. The molecule has 0 saturated heterocycles. The smallest absolute Gasteiger partial charge is 0.331 e. The highest BCUT2D eigenvalue weighted by Gasteiger charge is 2.41. The van der Waals surface area contributed by atoms with Crippen LogP contribution < -0.4 is 30.4 Å². The molecule has 9 heteroatoms. The summed E-state index contributed by atoms with van der Waals surface area (Å²) in [6.07, 6.45) is 0.743. The van der Waals surface area contributed by atoms with E-state index in [1.54, 1.807) is 7.11 Å². The van der Waals surface area contributed by atoms with Crippen molar-refractivity contribution in [2.75, 3.05) is 27.5 Å². The summed E-state index contributed by atoms with van der Waals surface area (Å²) in [6, 6.07) is 10.6. The summed E-state index contributed by atoms with van der Waals surface area (Å²) in [7, 11) is 3.49. The molecule has 166 valence electrons. The Balaban J connectivity index is 1.72. The first-order valence-corrected chi connectivity index (χ1v) is 10.4. The maximum absolute atomic E-state index is 13.0. The van der Waals surface area contributed by atoms with Crippen LogP contribution in [-0.2, 0) is 13.0 Å². The number of H-pyrrole nitrogens is 1. The summed E-state index contributed by atoms with van der Waals surface area (Å²) >= 11 is 0. The predicted molar refractivity (Wildman–Crippen MR) is 115 cm³/mol. The molecule has 3 N–H and O–H groups in total. The van der Waals surface area contributed by atoms with Crippen LogP contribution in [0.15, 0.2) is 46.0 Å². The summed E-state index contributed by atoms with van der Waals surface area (Å²) in [5.74, 6) is 1.23. The van der Waals surface area contributed by atoms with Gasteiger partial charge in [-0.3, -0.25) is 14.3 Å². The quantitative estimate of drug-likeness (QED) is 0.537. The number of nitrogens with zero attached hydrogens (tertiary/aromatic N) is 1. The number of fused-ring (bicyclic) bond motifs is 2. The van der Waals surface area contributed by atoms with Gasteiger partial charge in [-0.2, -0.15) is 0 Å². The number of ether oxygens (including phenoxy) is 3. The van der Waals surface area contributed by atoms with Crippen molar-refractivity contribution >= 4 is 0 Å². The minimum Gasteiger partial charge on any atom is -0.494 e.